The Morgan fingerprint density at radius 1 is 1.30 bits per heavy atom. The number of carbonyl (C=O) groups is 1. The number of nitrogens with one attached hydrogen (secondary N) is 2. The number of fused-ring (bicyclic) bond motifs is 1. The largest absolute Gasteiger partial charge is 0.497 e. The molecule has 1 unspecified atom stereocenters. The van der Waals surface area contributed by atoms with E-state index in [4.69, 9.17) is 9.47 Å². The molecule has 9 heteroatoms. The molecular weight excluding hydrogens is 515 g/mol. The number of amides is 1. The lowest BCUT2D eigenvalue weighted by atomic mass is 10.1. The molecule has 2 aromatic rings. The van der Waals surface area contributed by atoms with E-state index in [0.717, 1.165) is 24.5 Å². The molecule has 2 heterocycles. The molecule has 0 spiro atoms. The maximum atomic E-state index is 12.5. The lowest BCUT2D eigenvalue weighted by molar-refractivity contribution is -0.130. The Kier molecular flexibility index (Phi) is 9.70. The van der Waals surface area contributed by atoms with E-state index >= 15 is 0 Å². The first-order valence-electron chi connectivity index (χ1n) is 9.67. The second kappa shape index (κ2) is 12.0. The summed E-state index contributed by atoms with van der Waals surface area (Å²) in [6.45, 7) is 4.19. The first-order chi connectivity index (χ1) is 14.1. The van der Waals surface area contributed by atoms with E-state index in [1.54, 1.807) is 25.5 Å². The van der Waals surface area contributed by atoms with E-state index in [2.05, 4.69) is 27.1 Å². The highest BCUT2D eigenvalue weighted by atomic mass is 127. The lowest BCUT2D eigenvalue weighted by Crippen LogP contribution is -2.47. The predicted molar refractivity (Wildman–Crippen MR) is 131 cm³/mol. The smallest absolute Gasteiger partial charge is 0.242 e. The van der Waals surface area contributed by atoms with E-state index in [1.807, 2.05) is 36.1 Å². The average Bonchev–Trinajstić information content (AvgIpc) is 3.21. The molecule has 1 aliphatic rings. The number of guanidine groups is 1. The summed E-state index contributed by atoms with van der Waals surface area (Å²) in [6.07, 6.45) is 0.848. The Hall–Kier alpha value is -2.01. The molecule has 0 fully saturated rings. The van der Waals surface area contributed by atoms with Crippen LogP contribution in [-0.2, 0) is 17.8 Å². The Morgan fingerprint density at radius 3 is 2.87 bits per heavy atom. The normalized spacial score (nSPS) is 14.2. The number of hydrogen-bond acceptors (Lipinski definition) is 5. The highest BCUT2D eigenvalue weighted by molar-refractivity contribution is 14.0. The van der Waals surface area contributed by atoms with Gasteiger partial charge in [0.05, 0.1) is 20.2 Å². The molecule has 0 aliphatic carbocycles. The Labute approximate surface area is 198 Å². The van der Waals surface area contributed by atoms with Crippen molar-refractivity contribution in [3.8, 4) is 11.5 Å². The van der Waals surface area contributed by atoms with Crippen LogP contribution in [0.2, 0.25) is 0 Å². The van der Waals surface area contributed by atoms with Crippen LogP contribution >= 0.6 is 35.3 Å². The molecule has 0 saturated heterocycles. The number of halogens is 1. The molecule has 30 heavy (non-hydrogen) atoms. The molecule has 0 radical (unpaired) electrons. The fourth-order valence-electron chi connectivity index (χ4n) is 3.14. The zero-order valence-corrected chi connectivity index (χ0v) is 20.7. The number of hydrogen-bond donors (Lipinski definition) is 2. The summed E-state index contributed by atoms with van der Waals surface area (Å²) in [4.78, 5) is 20.0. The molecule has 7 nitrogen and oxygen atoms in total. The maximum Gasteiger partial charge on any atom is 0.242 e. The van der Waals surface area contributed by atoms with E-state index in [-0.39, 0.29) is 42.5 Å². The van der Waals surface area contributed by atoms with Crippen LogP contribution in [0.25, 0.3) is 0 Å². The molecule has 2 N–H and O–H groups in total. The van der Waals surface area contributed by atoms with Gasteiger partial charge in [0.1, 0.15) is 17.6 Å². The van der Waals surface area contributed by atoms with Gasteiger partial charge < -0.3 is 25.0 Å². The van der Waals surface area contributed by atoms with E-state index in [9.17, 15) is 4.79 Å². The van der Waals surface area contributed by atoms with Crippen LogP contribution in [0.15, 0.2) is 40.7 Å². The summed E-state index contributed by atoms with van der Waals surface area (Å²) >= 11 is 1.77. The third-order valence-corrected chi connectivity index (χ3v) is 5.75. The van der Waals surface area contributed by atoms with Crippen LogP contribution < -0.4 is 20.1 Å². The van der Waals surface area contributed by atoms with Gasteiger partial charge in [-0.2, -0.15) is 0 Å². The van der Waals surface area contributed by atoms with Gasteiger partial charge >= 0.3 is 0 Å². The number of thiophene rings is 1. The van der Waals surface area contributed by atoms with Crippen molar-refractivity contribution < 1.29 is 14.3 Å². The average molecular weight is 544 g/mol. The summed E-state index contributed by atoms with van der Waals surface area (Å²) in [5, 5.41) is 8.39. The number of benzene rings is 1. The van der Waals surface area contributed by atoms with E-state index in [0.29, 0.717) is 19.0 Å². The van der Waals surface area contributed by atoms with E-state index < -0.39 is 0 Å². The quantitative estimate of drug-likeness (QED) is 0.319. The van der Waals surface area contributed by atoms with Gasteiger partial charge in [-0.1, -0.05) is 6.07 Å². The molecule has 1 aromatic carbocycles. The van der Waals surface area contributed by atoms with Crippen molar-refractivity contribution in [3.63, 3.8) is 0 Å². The SMILES string of the molecule is CN=C(NCC(=O)N1CCc2sccc2C1)NCC(C)Oc1cccc(OC)c1.I. The van der Waals surface area contributed by atoms with Crippen LogP contribution in [-0.4, -0.2) is 56.7 Å². The summed E-state index contributed by atoms with van der Waals surface area (Å²) in [5.41, 5.74) is 1.26. The molecule has 0 saturated carbocycles. The summed E-state index contributed by atoms with van der Waals surface area (Å²) in [5.74, 6) is 2.15. The highest BCUT2D eigenvalue weighted by Gasteiger charge is 2.21. The van der Waals surface area contributed by atoms with E-state index in [1.165, 1.54) is 10.4 Å². The van der Waals surface area contributed by atoms with Crippen LogP contribution in [0.4, 0.5) is 0 Å². The minimum absolute atomic E-state index is 0. The van der Waals surface area contributed by atoms with Crippen molar-refractivity contribution in [2.75, 3.05) is 33.8 Å². The van der Waals surface area contributed by atoms with Crippen molar-refractivity contribution in [2.45, 2.75) is 26.0 Å². The fraction of sp³-hybridized carbons (Fsp3) is 0.429. The Morgan fingerprint density at radius 2 is 2.10 bits per heavy atom. The van der Waals surface area contributed by atoms with Crippen molar-refractivity contribution in [2.24, 2.45) is 4.99 Å². The molecule has 1 atom stereocenters. The number of methoxy groups -OCH3 is 1. The molecule has 1 aliphatic heterocycles. The van der Waals surface area contributed by atoms with Crippen molar-refractivity contribution in [3.05, 3.63) is 46.2 Å². The van der Waals surface area contributed by atoms with Crippen LogP contribution in [0, 0.1) is 0 Å². The van der Waals surface area contributed by atoms with Gasteiger partial charge in [-0.15, -0.1) is 35.3 Å². The topological polar surface area (TPSA) is 75.2 Å². The van der Waals surface area contributed by atoms with Crippen molar-refractivity contribution in [1.29, 1.82) is 0 Å². The number of nitrogens with zero attached hydrogens (tertiary/aromatic N) is 2. The first kappa shape index (κ1) is 24.3. The zero-order valence-electron chi connectivity index (χ0n) is 17.5. The lowest BCUT2D eigenvalue weighted by Gasteiger charge is -2.27. The fourth-order valence-corrected chi connectivity index (χ4v) is 4.03. The minimum Gasteiger partial charge on any atom is -0.497 e. The van der Waals surface area contributed by atoms with Crippen LogP contribution in [0.5, 0.6) is 11.5 Å². The Balaban J connectivity index is 0.00000320. The molecule has 1 aromatic heterocycles. The zero-order chi connectivity index (χ0) is 20.6. The van der Waals surface area contributed by atoms with Crippen LogP contribution in [0.1, 0.15) is 17.4 Å². The number of rotatable bonds is 7. The van der Waals surface area contributed by atoms with Gasteiger partial charge in [0.15, 0.2) is 5.96 Å². The third-order valence-electron chi connectivity index (χ3n) is 4.73. The van der Waals surface area contributed by atoms with Crippen molar-refractivity contribution in [1.82, 2.24) is 15.5 Å². The monoisotopic (exact) mass is 544 g/mol. The van der Waals surface area contributed by atoms with Gasteiger partial charge in [-0.25, -0.2) is 0 Å². The summed E-state index contributed by atoms with van der Waals surface area (Å²) < 4.78 is 11.1. The molecule has 3 rings (SSSR count). The predicted octanol–water partition coefficient (Wildman–Crippen LogP) is 2.89. The molecule has 1 amide bonds. The Bertz CT molecular complexity index is 858. The second-order valence-corrected chi connectivity index (χ2v) is 7.85. The van der Waals surface area contributed by atoms with Gasteiger partial charge in [0.25, 0.3) is 0 Å². The number of aliphatic imine (C=N–C) groups is 1. The molecule has 164 valence electrons. The van der Waals surface area contributed by atoms with Gasteiger partial charge in [-0.3, -0.25) is 9.79 Å². The standard InChI is InChI=1S/C21H28N4O3S.HI/c1-15(28-18-6-4-5-17(11-18)27-3)12-23-21(22-2)24-13-20(26)25-9-7-19-16(14-25)8-10-29-19;/h4-6,8,10-11,15H,7,9,12-14H2,1-3H3,(H2,22,23,24);1H. The maximum absolute atomic E-state index is 12.5. The van der Waals surface area contributed by atoms with Gasteiger partial charge in [0, 0.05) is 31.1 Å². The molecule has 0 bridgehead atoms. The third kappa shape index (κ3) is 6.76. The number of carbonyl (C=O) groups excluding carboxylic acids is 1. The van der Waals surface area contributed by atoms with Gasteiger partial charge in [-0.05, 0) is 42.5 Å². The minimum atomic E-state index is -0.0875. The summed E-state index contributed by atoms with van der Waals surface area (Å²) in [7, 11) is 3.32. The van der Waals surface area contributed by atoms with Crippen molar-refractivity contribution >= 4 is 47.2 Å². The second-order valence-electron chi connectivity index (χ2n) is 6.85. The first-order valence-corrected chi connectivity index (χ1v) is 10.5. The molecular formula is C21H29IN4O3S. The highest BCUT2D eigenvalue weighted by Crippen LogP contribution is 2.24. The number of ether oxygens (including phenoxy) is 2. The van der Waals surface area contributed by atoms with Gasteiger partial charge in [0.2, 0.25) is 5.91 Å². The summed E-state index contributed by atoms with van der Waals surface area (Å²) in [6, 6.07) is 9.61. The van der Waals surface area contributed by atoms with Crippen LogP contribution in [0.3, 0.4) is 0 Å².